The third-order valence-corrected chi connectivity index (χ3v) is 3.61. The van der Waals surface area contributed by atoms with Crippen molar-refractivity contribution in [2.75, 3.05) is 13.7 Å². The number of aliphatic hydroxyl groups excluding tert-OH is 1. The summed E-state index contributed by atoms with van der Waals surface area (Å²) in [4.78, 5) is 12.0. The van der Waals surface area contributed by atoms with Crippen LogP contribution < -0.4 is 15.4 Å². The van der Waals surface area contributed by atoms with E-state index in [2.05, 4.69) is 10.6 Å². The first-order valence-corrected chi connectivity index (χ1v) is 7.54. The summed E-state index contributed by atoms with van der Waals surface area (Å²) in [5.41, 5.74) is 1.65. The van der Waals surface area contributed by atoms with Gasteiger partial charge < -0.3 is 20.5 Å². The second-order valence-corrected chi connectivity index (χ2v) is 5.37. The van der Waals surface area contributed by atoms with E-state index in [0.717, 1.165) is 11.1 Å². The van der Waals surface area contributed by atoms with Gasteiger partial charge in [-0.2, -0.15) is 0 Å². The van der Waals surface area contributed by atoms with Gasteiger partial charge in [0.25, 0.3) is 0 Å². The highest BCUT2D eigenvalue weighted by atomic mass is 35.5. The number of benzene rings is 2. The van der Waals surface area contributed by atoms with E-state index in [9.17, 15) is 9.90 Å². The molecule has 2 rings (SSSR count). The summed E-state index contributed by atoms with van der Waals surface area (Å²) in [5.74, 6) is 0.611. The number of hydrogen-bond acceptors (Lipinski definition) is 3. The first-order chi connectivity index (χ1) is 11.1. The number of nitrogens with one attached hydrogen (secondary N) is 2. The molecule has 0 unspecified atom stereocenters. The summed E-state index contributed by atoms with van der Waals surface area (Å²) in [6.07, 6.45) is 0. The number of hydrogen-bond donors (Lipinski definition) is 3. The Bertz CT molecular complexity index is 650. The molecule has 1 atom stereocenters. The van der Waals surface area contributed by atoms with Crippen LogP contribution in [0.1, 0.15) is 17.2 Å². The molecule has 0 aromatic heterocycles. The minimum atomic E-state index is -0.455. The summed E-state index contributed by atoms with van der Waals surface area (Å²) in [7, 11) is 1.55. The minimum absolute atomic E-state index is 0.179. The lowest BCUT2D eigenvalue weighted by Gasteiger charge is -2.17. The fourth-order valence-corrected chi connectivity index (χ4v) is 2.33. The Kier molecular flexibility index (Phi) is 6.26. The number of carbonyl (C=O) groups is 1. The van der Waals surface area contributed by atoms with Crippen LogP contribution in [0, 0.1) is 0 Å². The summed E-state index contributed by atoms with van der Waals surface area (Å²) in [6, 6.07) is 13.7. The van der Waals surface area contributed by atoms with Gasteiger partial charge >= 0.3 is 6.03 Å². The summed E-state index contributed by atoms with van der Waals surface area (Å²) in [5, 5.41) is 15.5. The molecule has 0 aliphatic heterocycles. The Morgan fingerprint density at radius 2 is 2.00 bits per heavy atom. The van der Waals surface area contributed by atoms with Gasteiger partial charge in [0.05, 0.1) is 19.8 Å². The van der Waals surface area contributed by atoms with Crippen molar-refractivity contribution in [3.05, 3.63) is 64.7 Å². The maximum absolute atomic E-state index is 12.0. The third kappa shape index (κ3) is 4.87. The number of amides is 2. The Balaban J connectivity index is 1.94. The maximum atomic E-state index is 12.0. The van der Waals surface area contributed by atoms with E-state index in [1.54, 1.807) is 25.3 Å². The van der Waals surface area contributed by atoms with Gasteiger partial charge in [-0.25, -0.2) is 4.79 Å². The van der Waals surface area contributed by atoms with E-state index in [-0.39, 0.29) is 12.6 Å². The molecule has 0 aliphatic carbocycles. The van der Waals surface area contributed by atoms with Crippen molar-refractivity contribution in [2.24, 2.45) is 0 Å². The van der Waals surface area contributed by atoms with E-state index >= 15 is 0 Å². The van der Waals surface area contributed by atoms with Gasteiger partial charge in [0.2, 0.25) is 0 Å². The lowest BCUT2D eigenvalue weighted by atomic mass is 10.1. The van der Waals surface area contributed by atoms with E-state index in [0.29, 0.717) is 17.3 Å². The molecule has 0 fully saturated rings. The van der Waals surface area contributed by atoms with Gasteiger partial charge in [-0.15, -0.1) is 0 Å². The number of carbonyl (C=O) groups excluding carboxylic acids is 1. The molecular weight excluding hydrogens is 316 g/mol. The van der Waals surface area contributed by atoms with Crippen LogP contribution in [0.3, 0.4) is 0 Å². The van der Waals surface area contributed by atoms with Crippen molar-refractivity contribution in [3.8, 4) is 5.75 Å². The second kappa shape index (κ2) is 8.41. The Labute approximate surface area is 140 Å². The van der Waals surface area contributed by atoms with E-state index < -0.39 is 6.04 Å². The summed E-state index contributed by atoms with van der Waals surface area (Å²) >= 11 is 5.91. The van der Waals surface area contributed by atoms with E-state index in [1.807, 2.05) is 30.3 Å². The standard InChI is InChI=1S/C17H19ClN2O3/c1-23-16-9-14(18)8-7-13(16)10-19-17(22)20-15(11-21)12-5-3-2-4-6-12/h2-9,15,21H,10-11H2,1H3,(H2,19,20,22)/t15-/m1/s1. The van der Waals surface area contributed by atoms with Crippen molar-refractivity contribution >= 4 is 17.6 Å². The Hall–Kier alpha value is -2.24. The lowest BCUT2D eigenvalue weighted by molar-refractivity contribution is 0.216. The highest BCUT2D eigenvalue weighted by molar-refractivity contribution is 6.30. The molecule has 0 spiro atoms. The number of aliphatic hydroxyl groups is 1. The molecule has 0 saturated carbocycles. The molecule has 0 radical (unpaired) electrons. The average Bonchev–Trinajstić information content (AvgIpc) is 2.59. The van der Waals surface area contributed by atoms with Crippen molar-refractivity contribution in [2.45, 2.75) is 12.6 Å². The van der Waals surface area contributed by atoms with Crippen LogP contribution in [0.15, 0.2) is 48.5 Å². The van der Waals surface area contributed by atoms with Crippen LogP contribution >= 0.6 is 11.6 Å². The van der Waals surface area contributed by atoms with Gasteiger partial charge in [0.1, 0.15) is 5.75 Å². The number of halogens is 1. The van der Waals surface area contributed by atoms with Crippen molar-refractivity contribution < 1.29 is 14.6 Å². The summed E-state index contributed by atoms with van der Waals surface area (Å²) < 4.78 is 5.23. The van der Waals surface area contributed by atoms with Crippen LogP contribution in [0.5, 0.6) is 5.75 Å². The van der Waals surface area contributed by atoms with E-state index in [1.165, 1.54) is 0 Å². The number of urea groups is 1. The molecule has 0 heterocycles. The molecule has 2 aromatic rings. The predicted octanol–water partition coefficient (Wildman–Crippen LogP) is 2.88. The Morgan fingerprint density at radius 1 is 1.26 bits per heavy atom. The van der Waals surface area contributed by atoms with Gasteiger partial charge in [0.15, 0.2) is 0 Å². The fourth-order valence-electron chi connectivity index (χ4n) is 2.17. The second-order valence-electron chi connectivity index (χ2n) is 4.93. The SMILES string of the molecule is COc1cc(Cl)ccc1CNC(=O)N[C@H](CO)c1ccccc1. The first kappa shape index (κ1) is 17.1. The molecule has 2 amide bonds. The molecule has 6 heteroatoms. The zero-order valence-electron chi connectivity index (χ0n) is 12.8. The minimum Gasteiger partial charge on any atom is -0.496 e. The quantitative estimate of drug-likeness (QED) is 0.760. The van der Waals surface area contributed by atoms with Crippen molar-refractivity contribution in [1.29, 1.82) is 0 Å². The van der Waals surface area contributed by atoms with Gasteiger partial charge in [-0.3, -0.25) is 0 Å². The van der Waals surface area contributed by atoms with Gasteiger partial charge in [-0.05, 0) is 17.7 Å². The van der Waals surface area contributed by atoms with Crippen LogP contribution in [0.4, 0.5) is 4.79 Å². The molecule has 0 aliphatic rings. The number of methoxy groups -OCH3 is 1. The highest BCUT2D eigenvalue weighted by Crippen LogP contribution is 2.22. The molecule has 23 heavy (non-hydrogen) atoms. The number of rotatable bonds is 6. The number of ether oxygens (including phenoxy) is 1. The van der Waals surface area contributed by atoms with Crippen molar-refractivity contribution in [3.63, 3.8) is 0 Å². The maximum Gasteiger partial charge on any atom is 0.315 e. The molecule has 5 nitrogen and oxygen atoms in total. The zero-order chi connectivity index (χ0) is 16.7. The smallest absolute Gasteiger partial charge is 0.315 e. The zero-order valence-corrected chi connectivity index (χ0v) is 13.5. The van der Waals surface area contributed by atoms with Crippen LogP contribution in [0.2, 0.25) is 5.02 Å². The van der Waals surface area contributed by atoms with Crippen LogP contribution in [-0.2, 0) is 6.54 Å². The van der Waals surface area contributed by atoms with E-state index in [4.69, 9.17) is 16.3 Å². The van der Waals surface area contributed by atoms with Crippen molar-refractivity contribution in [1.82, 2.24) is 10.6 Å². The first-order valence-electron chi connectivity index (χ1n) is 7.16. The molecule has 122 valence electrons. The molecule has 3 N–H and O–H groups in total. The average molecular weight is 335 g/mol. The van der Waals surface area contributed by atoms with Gasteiger partial charge in [-0.1, -0.05) is 48.0 Å². The lowest BCUT2D eigenvalue weighted by Crippen LogP contribution is -2.38. The monoisotopic (exact) mass is 334 g/mol. The Morgan fingerprint density at radius 3 is 2.65 bits per heavy atom. The van der Waals surface area contributed by atoms with Crippen LogP contribution in [0.25, 0.3) is 0 Å². The fraction of sp³-hybridized carbons (Fsp3) is 0.235. The molecule has 0 bridgehead atoms. The third-order valence-electron chi connectivity index (χ3n) is 3.38. The van der Waals surface area contributed by atoms with Crippen LogP contribution in [-0.4, -0.2) is 24.9 Å². The topological polar surface area (TPSA) is 70.6 Å². The predicted molar refractivity (Wildman–Crippen MR) is 89.6 cm³/mol. The summed E-state index contributed by atoms with van der Waals surface area (Å²) in [6.45, 7) is 0.112. The largest absolute Gasteiger partial charge is 0.496 e. The molecule has 0 saturated heterocycles. The normalized spacial score (nSPS) is 11.6. The molecular formula is C17H19ClN2O3. The highest BCUT2D eigenvalue weighted by Gasteiger charge is 2.13. The molecule has 2 aromatic carbocycles. The van der Waals surface area contributed by atoms with Gasteiger partial charge in [0, 0.05) is 17.1 Å².